The molecule has 6 heteroatoms. The molecule has 0 radical (unpaired) electrons. The molecule has 0 fully saturated rings. The van der Waals surface area contributed by atoms with Gasteiger partial charge in [-0.15, -0.1) is 0 Å². The Hall–Kier alpha value is -3.93. The Bertz CT molecular complexity index is 1200. The van der Waals surface area contributed by atoms with Crippen molar-refractivity contribution in [3.8, 4) is 11.4 Å². The molecular formula is C24H21N3O3. The molecule has 0 aliphatic rings. The van der Waals surface area contributed by atoms with E-state index in [1.807, 2.05) is 55.5 Å². The van der Waals surface area contributed by atoms with Crippen molar-refractivity contribution in [2.75, 3.05) is 5.32 Å². The molecule has 6 nitrogen and oxygen atoms in total. The second kappa shape index (κ2) is 8.21. The van der Waals surface area contributed by atoms with E-state index in [1.54, 1.807) is 31.2 Å². The van der Waals surface area contributed by atoms with Gasteiger partial charge in [0.25, 0.3) is 5.91 Å². The van der Waals surface area contributed by atoms with E-state index in [1.165, 1.54) is 0 Å². The number of amides is 1. The first-order valence-corrected chi connectivity index (χ1v) is 9.64. The fourth-order valence-electron chi connectivity index (χ4n) is 3.17. The number of aryl methyl sites for hydroxylation is 1. The molecule has 30 heavy (non-hydrogen) atoms. The van der Waals surface area contributed by atoms with Crippen molar-refractivity contribution in [2.45, 2.75) is 20.0 Å². The molecule has 0 bridgehead atoms. The number of rotatable bonds is 5. The summed E-state index contributed by atoms with van der Waals surface area (Å²) in [5.41, 5.74) is 4.26. The molecule has 0 saturated heterocycles. The van der Waals surface area contributed by atoms with Gasteiger partial charge in [0.2, 0.25) is 0 Å². The zero-order valence-electron chi connectivity index (χ0n) is 16.7. The molecule has 0 aliphatic carbocycles. The molecule has 0 aliphatic heterocycles. The number of H-pyrrole nitrogens is 1. The van der Waals surface area contributed by atoms with E-state index in [9.17, 15) is 9.59 Å². The molecule has 1 atom stereocenters. The normalized spacial score (nSPS) is 11.8. The number of anilines is 1. The summed E-state index contributed by atoms with van der Waals surface area (Å²) in [5.74, 6) is -0.405. The van der Waals surface area contributed by atoms with Crippen LogP contribution in [-0.4, -0.2) is 27.9 Å². The van der Waals surface area contributed by atoms with Gasteiger partial charge in [-0.3, -0.25) is 4.79 Å². The van der Waals surface area contributed by atoms with E-state index in [0.29, 0.717) is 22.6 Å². The fourth-order valence-corrected chi connectivity index (χ4v) is 3.17. The number of hydrogen-bond donors (Lipinski definition) is 2. The number of aromatic nitrogens is 2. The van der Waals surface area contributed by atoms with Gasteiger partial charge in [-0.2, -0.15) is 0 Å². The topological polar surface area (TPSA) is 84.1 Å². The van der Waals surface area contributed by atoms with Gasteiger partial charge in [-0.1, -0.05) is 48.5 Å². The van der Waals surface area contributed by atoms with Gasteiger partial charge >= 0.3 is 5.97 Å². The van der Waals surface area contributed by atoms with Crippen molar-refractivity contribution in [3.63, 3.8) is 0 Å². The Labute approximate surface area is 173 Å². The lowest BCUT2D eigenvalue weighted by Gasteiger charge is -2.15. The van der Waals surface area contributed by atoms with Crippen LogP contribution in [0.2, 0.25) is 0 Å². The minimum atomic E-state index is -0.958. The maximum atomic E-state index is 12.8. The molecule has 2 N–H and O–H groups in total. The Kier molecular flexibility index (Phi) is 5.30. The Morgan fingerprint density at radius 1 is 0.967 bits per heavy atom. The summed E-state index contributed by atoms with van der Waals surface area (Å²) in [7, 11) is 0. The van der Waals surface area contributed by atoms with Crippen molar-refractivity contribution in [3.05, 3.63) is 83.9 Å². The number of nitrogens with zero attached hydrogens (tertiary/aromatic N) is 1. The highest BCUT2D eigenvalue weighted by molar-refractivity contribution is 6.00. The van der Waals surface area contributed by atoms with Crippen molar-refractivity contribution in [1.82, 2.24) is 9.97 Å². The van der Waals surface area contributed by atoms with Crippen LogP contribution in [0.15, 0.2) is 72.8 Å². The maximum Gasteiger partial charge on any atom is 0.339 e. The van der Waals surface area contributed by atoms with Crippen molar-refractivity contribution < 1.29 is 14.3 Å². The SMILES string of the molecule is Cc1ccccc1NC(=O)C(C)OC(=O)c1ccccc1-c1nc2ccccc2[nH]1. The third-order valence-electron chi connectivity index (χ3n) is 4.85. The number of esters is 1. The minimum Gasteiger partial charge on any atom is -0.449 e. The molecule has 0 saturated carbocycles. The summed E-state index contributed by atoms with van der Waals surface area (Å²) >= 11 is 0. The molecule has 1 aromatic heterocycles. The van der Waals surface area contributed by atoms with Crippen LogP contribution in [-0.2, 0) is 9.53 Å². The van der Waals surface area contributed by atoms with Crippen LogP contribution in [0, 0.1) is 6.92 Å². The molecule has 0 spiro atoms. The van der Waals surface area contributed by atoms with Crippen LogP contribution in [0.25, 0.3) is 22.4 Å². The first-order chi connectivity index (χ1) is 14.5. The van der Waals surface area contributed by atoms with E-state index in [0.717, 1.165) is 16.6 Å². The summed E-state index contributed by atoms with van der Waals surface area (Å²) in [5, 5.41) is 2.80. The number of fused-ring (bicyclic) bond motifs is 1. The predicted octanol–water partition coefficient (Wildman–Crippen LogP) is 4.72. The average Bonchev–Trinajstić information content (AvgIpc) is 3.19. The van der Waals surface area contributed by atoms with Gasteiger partial charge in [0.1, 0.15) is 5.82 Å². The van der Waals surface area contributed by atoms with Crippen LogP contribution in [0.1, 0.15) is 22.8 Å². The number of imidazole rings is 1. The van der Waals surface area contributed by atoms with Crippen LogP contribution >= 0.6 is 0 Å². The molecule has 4 rings (SSSR count). The molecule has 1 unspecified atom stereocenters. The highest BCUT2D eigenvalue weighted by atomic mass is 16.5. The lowest BCUT2D eigenvalue weighted by atomic mass is 10.1. The third kappa shape index (κ3) is 3.93. The predicted molar refractivity (Wildman–Crippen MR) is 116 cm³/mol. The molecule has 3 aromatic carbocycles. The largest absolute Gasteiger partial charge is 0.449 e. The number of hydrogen-bond acceptors (Lipinski definition) is 4. The van der Waals surface area contributed by atoms with Gasteiger partial charge in [0.05, 0.1) is 16.6 Å². The molecule has 1 heterocycles. The number of carbonyl (C=O) groups is 2. The number of para-hydroxylation sites is 3. The maximum absolute atomic E-state index is 12.8. The lowest BCUT2D eigenvalue weighted by molar-refractivity contribution is -0.123. The summed E-state index contributed by atoms with van der Waals surface area (Å²) in [6, 6.07) is 22.1. The Balaban J connectivity index is 1.54. The average molecular weight is 399 g/mol. The number of benzene rings is 3. The summed E-state index contributed by atoms with van der Waals surface area (Å²) in [6.07, 6.45) is -0.958. The number of nitrogens with one attached hydrogen (secondary N) is 2. The number of carbonyl (C=O) groups excluding carboxylic acids is 2. The van der Waals surface area contributed by atoms with Crippen LogP contribution in [0.3, 0.4) is 0 Å². The Morgan fingerprint density at radius 3 is 2.47 bits per heavy atom. The number of ether oxygens (including phenoxy) is 1. The molecule has 150 valence electrons. The summed E-state index contributed by atoms with van der Waals surface area (Å²) in [4.78, 5) is 33.1. The molecule has 4 aromatic rings. The van der Waals surface area contributed by atoms with Crippen LogP contribution < -0.4 is 5.32 Å². The van der Waals surface area contributed by atoms with E-state index >= 15 is 0 Å². The van der Waals surface area contributed by atoms with E-state index in [2.05, 4.69) is 15.3 Å². The summed E-state index contributed by atoms with van der Waals surface area (Å²) < 4.78 is 5.45. The highest BCUT2D eigenvalue weighted by Gasteiger charge is 2.22. The zero-order chi connectivity index (χ0) is 21.1. The van der Waals surface area contributed by atoms with Crippen LogP contribution in [0.5, 0.6) is 0 Å². The second-order valence-corrected chi connectivity index (χ2v) is 7.00. The van der Waals surface area contributed by atoms with E-state index < -0.39 is 12.1 Å². The van der Waals surface area contributed by atoms with Gasteiger partial charge in [-0.25, -0.2) is 9.78 Å². The molecule has 1 amide bonds. The molecular weight excluding hydrogens is 378 g/mol. The first kappa shape index (κ1) is 19.4. The van der Waals surface area contributed by atoms with Gasteiger partial charge in [0.15, 0.2) is 6.10 Å². The first-order valence-electron chi connectivity index (χ1n) is 9.64. The standard InChI is InChI=1S/C24H21N3O3/c1-15-9-3-6-12-19(15)27-23(28)16(2)30-24(29)18-11-5-4-10-17(18)22-25-20-13-7-8-14-21(20)26-22/h3-14,16H,1-2H3,(H,25,26)(H,27,28). The quantitative estimate of drug-likeness (QED) is 0.476. The van der Waals surface area contributed by atoms with Crippen molar-refractivity contribution in [1.29, 1.82) is 0 Å². The van der Waals surface area contributed by atoms with Crippen molar-refractivity contribution >= 4 is 28.6 Å². The zero-order valence-corrected chi connectivity index (χ0v) is 16.7. The second-order valence-electron chi connectivity index (χ2n) is 7.00. The lowest BCUT2D eigenvalue weighted by Crippen LogP contribution is -2.30. The Morgan fingerprint density at radius 2 is 1.67 bits per heavy atom. The van der Waals surface area contributed by atoms with E-state index in [4.69, 9.17) is 4.74 Å². The highest BCUT2D eigenvalue weighted by Crippen LogP contribution is 2.25. The monoisotopic (exact) mass is 399 g/mol. The van der Waals surface area contributed by atoms with Gasteiger partial charge in [0, 0.05) is 11.3 Å². The smallest absolute Gasteiger partial charge is 0.339 e. The van der Waals surface area contributed by atoms with Crippen molar-refractivity contribution in [2.24, 2.45) is 0 Å². The summed E-state index contributed by atoms with van der Waals surface area (Å²) in [6.45, 7) is 3.45. The van der Waals surface area contributed by atoms with Gasteiger partial charge < -0.3 is 15.0 Å². The number of aromatic amines is 1. The van der Waals surface area contributed by atoms with E-state index in [-0.39, 0.29) is 5.91 Å². The minimum absolute atomic E-state index is 0.340. The van der Waals surface area contributed by atoms with Gasteiger partial charge in [-0.05, 0) is 43.7 Å². The van der Waals surface area contributed by atoms with Crippen LogP contribution in [0.4, 0.5) is 5.69 Å². The third-order valence-corrected chi connectivity index (χ3v) is 4.85. The fraction of sp³-hybridized carbons (Fsp3) is 0.125.